The molecule has 0 radical (unpaired) electrons. The van der Waals surface area contributed by atoms with Crippen LogP contribution in [0, 0.1) is 0 Å². The van der Waals surface area contributed by atoms with Crippen LogP contribution in [0.2, 0.25) is 0 Å². The number of nitrogens with zero attached hydrogens (tertiary/aromatic N) is 1. The van der Waals surface area contributed by atoms with Crippen molar-refractivity contribution < 1.29 is 41.7 Å². The first-order chi connectivity index (χ1) is 21.2. The van der Waals surface area contributed by atoms with Gasteiger partial charge in [-0.2, -0.15) is 13.2 Å². The molecular formula is C34H32F3NO6. The fourth-order valence-corrected chi connectivity index (χ4v) is 4.23. The number of carbonyl (C=O) groups excluding carboxylic acids is 2. The number of benzene rings is 4. The number of rotatable bonds is 10. The summed E-state index contributed by atoms with van der Waals surface area (Å²) in [6.45, 7) is 2.41. The molecule has 0 N–H and O–H groups in total. The normalized spacial score (nSPS) is 12.5. The van der Waals surface area contributed by atoms with Crippen molar-refractivity contribution in [3.63, 3.8) is 0 Å². The van der Waals surface area contributed by atoms with Gasteiger partial charge in [-0.25, -0.2) is 4.79 Å². The average molecular weight is 608 g/mol. The van der Waals surface area contributed by atoms with Crippen LogP contribution >= 0.6 is 0 Å². The number of ether oxygens (including phenoxy) is 4. The Balaban J connectivity index is 0.000000657. The van der Waals surface area contributed by atoms with Crippen molar-refractivity contribution >= 4 is 12.1 Å². The van der Waals surface area contributed by atoms with Gasteiger partial charge in [0.15, 0.2) is 11.5 Å². The Labute approximate surface area is 253 Å². The smallest absolute Gasteiger partial charge is 0.416 e. The van der Waals surface area contributed by atoms with Gasteiger partial charge >= 0.3 is 18.2 Å². The van der Waals surface area contributed by atoms with E-state index in [1.54, 1.807) is 25.1 Å². The molecule has 4 aromatic rings. The lowest BCUT2D eigenvalue weighted by Crippen LogP contribution is -2.24. The summed E-state index contributed by atoms with van der Waals surface area (Å²) >= 11 is 0. The first-order valence-electron chi connectivity index (χ1n) is 14.0. The number of hydrogen-bond acceptors (Lipinski definition) is 6. The summed E-state index contributed by atoms with van der Waals surface area (Å²) in [5, 5.41) is 0. The quantitative estimate of drug-likeness (QED) is 0.171. The molecule has 1 heterocycles. The van der Waals surface area contributed by atoms with E-state index < -0.39 is 23.8 Å². The van der Waals surface area contributed by atoms with E-state index >= 15 is 0 Å². The van der Waals surface area contributed by atoms with Crippen LogP contribution in [0.3, 0.4) is 0 Å². The maximum absolute atomic E-state index is 13.5. The Morgan fingerprint density at radius 3 is 2.11 bits per heavy atom. The van der Waals surface area contributed by atoms with Crippen LogP contribution < -0.4 is 9.47 Å². The maximum Gasteiger partial charge on any atom is 0.416 e. The average Bonchev–Trinajstić information content (AvgIpc) is 3.42. The molecule has 1 saturated heterocycles. The van der Waals surface area contributed by atoms with Gasteiger partial charge in [-0.3, -0.25) is 4.79 Å². The Morgan fingerprint density at radius 1 is 0.841 bits per heavy atom. The zero-order chi connectivity index (χ0) is 31.4. The molecule has 4 aromatic carbocycles. The van der Waals surface area contributed by atoms with E-state index in [4.69, 9.17) is 18.9 Å². The van der Waals surface area contributed by atoms with E-state index in [0.717, 1.165) is 17.7 Å². The summed E-state index contributed by atoms with van der Waals surface area (Å²) < 4.78 is 62.4. The number of esters is 1. The minimum atomic E-state index is -4.58. The van der Waals surface area contributed by atoms with E-state index in [1.807, 2.05) is 66.7 Å². The fourth-order valence-electron chi connectivity index (χ4n) is 4.23. The highest BCUT2D eigenvalue weighted by molar-refractivity contribution is 5.73. The van der Waals surface area contributed by atoms with Crippen molar-refractivity contribution in [2.75, 3.05) is 19.8 Å². The van der Waals surface area contributed by atoms with E-state index in [-0.39, 0.29) is 56.4 Å². The molecule has 0 spiro atoms. The van der Waals surface area contributed by atoms with Gasteiger partial charge in [-0.1, -0.05) is 72.8 Å². The first-order valence-corrected chi connectivity index (χ1v) is 14.0. The highest BCUT2D eigenvalue weighted by atomic mass is 19.4. The summed E-state index contributed by atoms with van der Waals surface area (Å²) in [5.74, 6) is 0.204. The second kappa shape index (κ2) is 15.5. The van der Waals surface area contributed by atoms with Gasteiger partial charge < -0.3 is 23.8 Å². The lowest BCUT2D eigenvalue weighted by molar-refractivity contribution is -0.142. The van der Waals surface area contributed by atoms with Crippen LogP contribution in [-0.4, -0.2) is 36.7 Å². The topological polar surface area (TPSA) is 74.3 Å². The predicted molar refractivity (Wildman–Crippen MR) is 157 cm³/mol. The SMILES string of the molecule is CCOC(=O)Cc1ccc(OCc2ccccc2)c(Oc2ccc(C(F)(F)F)cc2CN2CCOC2=O)c1.c1ccccc1. The number of hydrogen-bond donors (Lipinski definition) is 0. The van der Waals surface area contributed by atoms with E-state index in [0.29, 0.717) is 11.3 Å². The number of alkyl halides is 3. The second-order valence-corrected chi connectivity index (χ2v) is 9.65. The summed E-state index contributed by atoms with van der Waals surface area (Å²) in [7, 11) is 0. The summed E-state index contributed by atoms with van der Waals surface area (Å²) in [5.41, 5.74) is 0.742. The van der Waals surface area contributed by atoms with E-state index in [1.165, 1.54) is 11.0 Å². The van der Waals surface area contributed by atoms with Gasteiger partial charge in [0, 0.05) is 5.56 Å². The fraction of sp³-hybridized carbons (Fsp3) is 0.235. The maximum atomic E-state index is 13.5. The molecule has 7 nitrogen and oxygen atoms in total. The van der Waals surface area contributed by atoms with Crippen molar-refractivity contribution in [2.24, 2.45) is 0 Å². The van der Waals surface area contributed by atoms with Gasteiger partial charge in [0.2, 0.25) is 0 Å². The third-order valence-corrected chi connectivity index (χ3v) is 6.38. The van der Waals surface area contributed by atoms with Crippen LogP contribution in [0.15, 0.2) is 103 Å². The second-order valence-electron chi connectivity index (χ2n) is 9.65. The zero-order valence-corrected chi connectivity index (χ0v) is 24.1. The van der Waals surface area contributed by atoms with Gasteiger partial charge in [-0.05, 0) is 48.4 Å². The molecule has 0 atom stereocenters. The Bertz CT molecular complexity index is 1490. The number of amides is 1. The molecule has 44 heavy (non-hydrogen) atoms. The molecule has 10 heteroatoms. The van der Waals surface area contributed by atoms with Gasteiger partial charge in [-0.15, -0.1) is 0 Å². The molecule has 1 aliphatic heterocycles. The number of halogens is 3. The summed E-state index contributed by atoms with van der Waals surface area (Å²) in [6.07, 6.45) is -5.22. The largest absolute Gasteiger partial charge is 0.485 e. The van der Waals surface area contributed by atoms with Gasteiger partial charge in [0.05, 0.1) is 31.7 Å². The monoisotopic (exact) mass is 607 g/mol. The predicted octanol–water partition coefficient (Wildman–Crippen LogP) is 7.82. The minimum absolute atomic E-state index is 0.0251. The summed E-state index contributed by atoms with van der Waals surface area (Å²) in [6, 6.07) is 29.4. The van der Waals surface area contributed by atoms with Crippen molar-refractivity contribution in [3.8, 4) is 17.2 Å². The molecule has 1 amide bonds. The van der Waals surface area contributed by atoms with Crippen molar-refractivity contribution in [1.29, 1.82) is 0 Å². The highest BCUT2D eigenvalue weighted by Gasteiger charge is 2.32. The molecule has 0 unspecified atom stereocenters. The number of cyclic esters (lactones) is 1. The summed E-state index contributed by atoms with van der Waals surface area (Å²) in [4.78, 5) is 25.3. The molecule has 230 valence electrons. The van der Waals surface area contributed by atoms with Crippen LogP contribution in [0.1, 0.15) is 29.2 Å². The van der Waals surface area contributed by atoms with Gasteiger partial charge in [0.25, 0.3) is 0 Å². The Kier molecular flexibility index (Phi) is 11.2. The van der Waals surface area contributed by atoms with E-state index in [2.05, 4.69) is 0 Å². The minimum Gasteiger partial charge on any atom is -0.485 e. The molecule has 5 rings (SSSR count). The molecule has 0 bridgehead atoms. The Hall–Kier alpha value is -4.99. The van der Waals surface area contributed by atoms with Crippen molar-refractivity contribution in [3.05, 3.63) is 125 Å². The first kappa shape index (κ1) is 31.9. The van der Waals surface area contributed by atoms with Crippen molar-refractivity contribution in [1.82, 2.24) is 4.90 Å². The highest BCUT2D eigenvalue weighted by Crippen LogP contribution is 2.38. The molecule has 1 aliphatic rings. The van der Waals surface area contributed by atoms with Gasteiger partial charge in [0.1, 0.15) is 19.0 Å². The molecule has 0 aromatic heterocycles. The lowest BCUT2D eigenvalue weighted by Gasteiger charge is -2.20. The van der Waals surface area contributed by atoms with Crippen molar-refractivity contribution in [2.45, 2.75) is 32.7 Å². The zero-order valence-electron chi connectivity index (χ0n) is 24.1. The molecular weight excluding hydrogens is 575 g/mol. The third-order valence-electron chi connectivity index (χ3n) is 6.38. The van der Waals surface area contributed by atoms with E-state index in [9.17, 15) is 22.8 Å². The van der Waals surface area contributed by atoms with Crippen LogP contribution in [0.25, 0.3) is 0 Å². The van der Waals surface area contributed by atoms with Crippen LogP contribution in [0.4, 0.5) is 18.0 Å². The van der Waals surface area contributed by atoms with Crippen LogP contribution in [-0.2, 0) is 40.0 Å². The molecule has 0 aliphatic carbocycles. The molecule has 1 fully saturated rings. The third kappa shape index (κ3) is 9.52. The van der Waals surface area contributed by atoms with Crippen LogP contribution in [0.5, 0.6) is 17.2 Å². The number of carbonyl (C=O) groups is 2. The molecule has 0 saturated carbocycles. The lowest BCUT2D eigenvalue weighted by atomic mass is 10.1. The Morgan fingerprint density at radius 2 is 1.50 bits per heavy atom. The standard InChI is InChI=1S/C28H26F3NO6.C6H6/c1-2-35-26(33)15-20-8-10-24(37-18-19-6-4-3-5-7-19)25(14-20)38-23-11-9-22(28(29,30)31)16-21(23)17-32-12-13-36-27(32)34;1-2-4-6-5-3-1/h3-11,14,16H,2,12-13,15,17-18H2,1H3;1-6H.